The van der Waals surface area contributed by atoms with Gasteiger partial charge < -0.3 is 4.90 Å². The molecular formula is C14H13IN4O. The van der Waals surface area contributed by atoms with E-state index in [-0.39, 0.29) is 3.91 Å². The molecule has 1 amide bonds. The molecule has 6 heteroatoms. The lowest BCUT2D eigenvalue weighted by Gasteiger charge is -2.23. The number of hydrogen-bond donors (Lipinski definition) is 0. The van der Waals surface area contributed by atoms with Gasteiger partial charge in [-0.1, -0.05) is 29.5 Å². The quantitative estimate of drug-likeness (QED) is 0.458. The first-order valence-corrected chi connectivity index (χ1v) is 7.43. The molecule has 1 aromatic heterocycles. The van der Waals surface area contributed by atoms with Crippen molar-refractivity contribution >= 4 is 32.1 Å². The monoisotopic (exact) mass is 380 g/mol. The first kappa shape index (κ1) is 13.3. The molecule has 0 radical (unpaired) electrons. The lowest BCUT2D eigenvalue weighted by molar-refractivity contribution is 0.231. The third kappa shape index (κ3) is 2.74. The van der Waals surface area contributed by atoms with Crippen molar-refractivity contribution in [1.82, 2.24) is 19.9 Å². The lowest BCUT2D eigenvalue weighted by Crippen LogP contribution is -2.30. The minimum atomic E-state index is 0.0887. The van der Waals surface area contributed by atoms with Crippen molar-refractivity contribution < 1.29 is 4.79 Å². The van der Waals surface area contributed by atoms with E-state index >= 15 is 0 Å². The van der Waals surface area contributed by atoms with Crippen LogP contribution >= 0.6 is 22.6 Å². The van der Waals surface area contributed by atoms with Crippen LogP contribution in [0.2, 0.25) is 0 Å². The third-order valence-electron chi connectivity index (χ3n) is 3.30. The average Bonchev–Trinajstić information content (AvgIpc) is 2.98. The van der Waals surface area contributed by atoms with Crippen LogP contribution in [0.15, 0.2) is 42.6 Å². The highest BCUT2D eigenvalue weighted by molar-refractivity contribution is 14.1. The molecule has 102 valence electrons. The van der Waals surface area contributed by atoms with Gasteiger partial charge in [-0.05, 0) is 24.1 Å². The third-order valence-corrected chi connectivity index (χ3v) is 3.98. The molecule has 0 unspecified atom stereocenters. The van der Waals surface area contributed by atoms with Gasteiger partial charge >= 0.3 is 0 Å². The molecule has 0 N–H and O–H groups in total. The second-order valence-corrected chi connectivity index (χ2v) is 5.49. The standard InChI is InChI=1S/C14H13IN4O/c15-14(20)18-8-6-11(7-9-18)13-10-19(17-16-13)12-4-2-1-3-5-12/h1-6,10H,7-9H2. The van der Waals surface area contributed by atoms with Crippen LogP contribution in [-0.2, 0) is 0 Å². The number of aromatic nitrogens is 3. The van der Waals surface area contributed by atoms with Crippen molar-refractivity contribution in [3.8, 4) is 5.69 Å². The lowest BCUT2D eigenvalue weighted by atomic mass is 10.1. The van der Waals surface area contributed by atoms with Crippen LogP contribution in [0.1, 0.15) is 12.1 Å². The molecule has 0 saturated carbocycles. The van der Waals surface area contributed by atoms with Gasteiger partial charge in [-0.3, -0.25) is 4.79 Å². The van der Waals surface area contributed by atoms with Crippen molar-refractivity contribution in [3.63, 3.8) is 0 Å². The molecule has 1 aliphatic heterocycles. The fraction of sp³-hybridized carbons (Fsp3) is 0.214. The molecule has 0 fully saturated rings. The first-order valence-electron chi connectivity index (χ1n) is 6.35. The summed E-state index contributed by atoms with van der Waals surface area (Å²) in [5.41, 5.74) is 3.03. The van der Waals surface area contributed by atoms with Crippen LogP contribution in [0.3, 0.4) is 0 Å². The summed E-state index contributed by atoms with van der Waals surface area (Å²) < 4.78 is 1.86. The normalized spacial score (nSPS) is 15.1. The summed E-state index contributed by atoms with van der Waals surface area (Å²) in [5, 5.41) is 8.39. The Balaban J connectivity index is 1.80. The highest BCUT2D eigenvalue weighted by atomic mass is 127. The fourth-order valence-electron chi connectivity index (χ4n) is 2.18. The van der Waals surface area contributed by atoms with E-state index in [0.29, 0.717) is 6.54 Å². The zero-order valence-electron chi connectivity index (χ0n) is 10.7. The van der Waals surface area contributed by atoms with Gasteiger partial charge in [0.15, 0.2) is 0 Å². The maximum atomic E-state index is 11.3. The Morgan fingerprint density at radius 2 is 2.05 bits per heavy atom. The van der Waals surface area contributed by atoms with Crippen molar-refractivity contribution in [2.24, 2.45) is 0 Å². The predicted molar refractivity (Wildman–Crippen MR) is 84.9 cm³/mol. The molecule has 0 bridgehead atoms. The number of carbonyl (C=O) groups is 1. The summed E-state index contributed by atoms with van der Waals surface area (Å²) in [6, 6.07) is 9.90. The summed E-state index contributed by atoms with van der Waals surface area (Å²) in [6.07, 6.45) is 4.81. The summed E-state index contributed by atoms with van der Waals surface area (Å²) in [4.78, 5) is 13.1. The van der Waals surface area contributed by atoms with Gasteiger partial charge in [0.1, 0.15) is 5.69 Å². The Morgan fingerprint density at radius 1 is 1.25 bits per heavy atom. The highest BCUT2D eigenvalue weighted by Crippen LogP contribution is 2.22. The van der Waals surface area contributed by atoms with Crippen LogP contribution in [0.5, 0.6) is 0 Å². The van der Waals surface area contributed by atoms with Gasteiger partial charge in [-0.25, -0.2) is 4.68 Å². The van der Waals surface area contributed by atoms with Gasteiger partial charge in [0.2, 0.25) is 0 Å². The van der Waals surface area contributed by atoms with Crippen LogP contribution in [-0.4, -0.2) is 36.9 Å². The van der Waals surface area contributed by atoms with E-state index in [4.69, 9.17) is 0 Å². The summed E-state index contributed by atoms with van der Waals surface area (Å²) in [5.74, 6) is 0. The second-order valence-electron chi connectivity index (χ2n) is 4.56. The Kier molecular flexibility index (Phi) is 3.81. The van der Waals surface area contributed by atoms with Crippen molar-refractivity contribution in [1.29, 1.82) is 0 Å². The van der Waals surface area contributed by atoms with Gasteiger partial charge in [0.05, 0.1) is 11.9 Å². The number of para-hydroxylation sites is 1. The molecule has 3 rings (SSSR count). The molecule has 2 aromatic rings. The predicted octanol–water partition coefficient (Wildman–Crippen LogP) is 2.91. The molecule has 5 nitrogen and oxygen atoms in total. The number of nitrogens with zero attached hydrogens (tertiary/aromatic N) is 4. The zero-order valence-corrected chi connectivity index (χ0v) is 12.9. The van der Waals surface area contributed by atoms with Crippen molar-refractivity contribution in [2.45, 2.75) is 6.42 Å². The molecular weight excluding hydrogens is 367 g/mol. The molecule has 20 heavy (non-hydrogen) atoms. The Bertz CT molecular complexity index is 650. The number of rotatable bonds is 2. The maximum Gasteiger partial charge on any atom is 0.283 e. The number of amides is 1. The van der Waals surface area contributed by atoms with E-state index in [1.54, 1.807) is 4.68 Å². The number of benzene rings is 1. The summed E-state index contributed by atoms with van der Waals surface area (Å²) in [7, 11) is 0. The number of halogens is 1. The number of hydrogen-bond acceptors (Lipinski definition) is 3. The van der Waals surface area contributed by atoms with Gasteiger partial charge in [0.25, 0.3) is 3.91 Å². The van der Waals surface area contributed by atoms with Crippen LogP contribution in [0.25, 0.3) is 11.3 Å². The van der Waals surface area contributed by atoms with E-state index in [1.165, 1.54) is 0 Å². The van der Waals surface area contributed by atoms with Gasteiger partial charge in [-0.15, -0.1) is 5.10 Å². The zero-order chi connectivity index (χ0) is 13.9. The largest absolute Gasteiger partial charge is 0.330 e. The topological polar surface area (TPSA) is 51.0 Å². The molecule has 0 aliphatic carbocycles. The molecule has 1 aromatic carbocycles. The van der Waals surface area contributed by atoms with Crippen LogP contribution in [0.4, 0.5) is 4.79 Å². The maximum absolute atomic E-state index is 11.3. The molecule has 2 heterocycles. The number of carbonyl (C=O) groups excluding carboxylic acids is 1. The average molecular weight is 380 g/mol. The van der Waals surface area contributed by atoms with E-state index < -0.39 is 0 Å². The molecule has 0 atom stereocenters. The van der Waals surface area contributed by atoms with Gasteiger partial charge in [-0.2, -0.15) is 0 Å². The van der Waals surface area contributed by atoms with Crippen molar-refractivity contribution in [2.75, 3.05) is 13.1 Å². The highest BCUT2D eigenvalue weighted by Gasteiger charge is 2.17. The van der Waals surface area contributed by atoms with E-state index in [9.17, 15) is 4.79 Å². The van der Waals surface area contributed by atoms with E-state index in [2.05, 4.69) is 16.4 Å². The Labute approximate surface area is 130 Å². The molecule has 0 spiro atoms. The van der Waals surface area contributed by atoms with E-state index in [1.807, 2.05) is 64.0 Å². The SMILES string of the molecule is O=C(I)N1CC=C(c2cn(-c3ccccc3)nn2)CC1. The van der Waals surface area contributed by atoms with Crippen LogP contribution in [0, 0.1) is 0 Å². The van der Waals surface area contributed by atoms with Crippen LogP contribution < -0.4 is 0 Å². The minimum Gasteiger partial charge on any atom is -0.330 e. The first-order chi connectivity index (χ1) is 9.74. The van der Waals surface area contributed by atoms with Crippen molar-refractivity contribution in [3.05, 3.63) is 48.3 Å². The Morgan fingerprint density at radius 3 is 2.70 bits per heavy atom. The summed E-state index contributed by atoms with van der Waals surface area (Å²) >= 11 is 1.82. The van der Waals surface area contributed by atoms with E-state index in [0.717, 1.165) is 29.9 Å². The smallest absolute Gasteiger partial charge is 0.283 e. The fourth-order valence-corrected chi connectivity index (χ4v) is 2.62. The summed E-state index contributed by atoms with van der Waals surface area (Å²) in [6.45, 7) is 1.39. The molecule has 1 aliphatic rings. The van der Waals surface area contributed by atoms with Gasteiger partial charge in [0, 0.05) is 35.7 Å². The second kappa shape index (κ2) is 5.74. The Hall–Kier alpha value is -1.70. The minimum absolute atomic E-state index is 0.0887. The molecule has 0 saturated heterocycles.